The van der Waals surface area contributed by atoms with Crippen LogP contribution in [0.25, 0.3) is 22.2 Å². The lowest BCUT2D eigenvalue weighted by Gasteiger charge is -2.39. The Hall–Kier alpha value is -3.75. The first-order valence-corrected chi connectivity index (χ1v) is 16.4. The van der Waals surface area contributed by atoms with Gasteiger partial charge in [-0.1, -0.05) is 0 Å². The van der Waals surface area contributed by atoms with Crippen LogP contribution < -0.4 is 10.5 Å². The summed E-state index contributed by atoms with van der Waals surface area (Å²) in [5, 5.41) is 5.06. The number of aromatic nitrogens is 3. The molecule has 2 aliphatic rings. The molecular weight excluding hydrogens is 612 g/mol. The summed E-state index contributed by atoms with van der Waals surface area (Å²) in [5.74, 6) is -4.14. The number of hydrogen-bond acceptors (Lipinski definition) is 7. The van der Waals surface area contributed by atoms with Gasteiger partial charge in [-0.25, -0.2) is 31.0 Å². The van der Waals surface area contributed by atoms with Crippen molar-refractivity contribution >= 4 is 32.4 Å². The van der Waals surface area contributed by atoms with Crippen molar-refractivity contribution in [1.82, 2.24) is 19.7 Å². The lowest BCUT2D eigenvalue weighted by Crippen LogP contribution is -2.44. The average Bonchev–Trinajstić information content (AvgIpc) is 3.42. The van der Waals surface area contributed by atoms with Crippen molar-refractivity contribution < 1.29 is 30.7 Å². The van der Waals surface area contributed by atoms with E-state index in [-0.39, 0.29) is 29.0 Å². The van der Waals surface area contributed by atoms with Crippen molar-refractivity contribution in [2.24, 2.45) is 0 Å². The lowest BCUT2D eigenvalue weighted by molar-refractivity contribution is 0.00731. The third-order valence-corrected chi connectivity index (χ3v) is 10.1. The van der Waals surface area contributed by atoms with E-state index >= 15 is 8.78 Å². The standard InChI is InChI=1S/C31H34F4N6O3S/c1-17(2)41-30-22(18-3-6-20(7-4-18)40-9-11-44-12-10-40)16-37-31(36)28(30)29(38-41)21-14-25(35)26(15-24(21)34)39-45(42,43)27-13-19(32)5-8-23(27)33/h5,8,13-18,20,39H,3-4,6-7,9-12H2,1-2H3,(H2,36,37). The molecule has 0 amide bonds. The Labute approximate surface area is 258 Å². The van der Waals surface area contributed by atoms with Gasteiger partial charge in [-0.2, -0.15) is 5.10 Å². The van der Waals surface area contributed by atoms with E-state index in [1.54, 1.807) is 10.9 Å². The molecule has 1 aliphatic carbocycles. The largest absolute Gasteiger partial charge is 0.383 e. The van der Waals surface area contributed by atoms with Crippen molar-refractivity contribution in [2.75, 3.05) is 36.8 Å². The van der Waals surface area contributed by atoms with E-state index in [1.165, 1.54) is 0 Å². The molecule has 2 aromatic carbocycles. The number of benzene rings is 2. The Balaban J connectivity index is 1.36. The second-order valence-corrected chi connectivity index (χ2v) is 13.5. The number of sulfonamides is 1. The number of ether oxygens (including phenoxy) is 1. The summed E-state index contributed by atoms with van der Waals surface area (Å²) in [7, 11) is -4.79. The molecule has 4 aromatic rings. The van der Waals surface area contributed by atoms with Crippen molar-refractivity contribution in [2.45, 2.75) is 62.4 Å². The topological polar surface area (TPSA) is 115 Å². The highest BCUT2D eigenvalue weighted by molar-refractivity contribution is 7.92. The maximum atomic E-state index is 15.7. The van der Waals surface area contributed by atoms with Crippen molar-refractivity contribution in [3.05, 3.63) is 65.4 Å². The fourth-order valence-electron chi connectivity index (χ4n) is 6.46. The molecule has 6 rings (SSSR count). The summed E-state index contributed by atoms with van der Waals surface area (Å²) in [4.78, 5) is 5.89. The van der Waals surface area contributed by atoms with Crippen molar-refractivity contribution in [3.8, 4) is 11.3 Å². The molecule has 2 fully saturated rings. The highest BCUT2D eigenvalue weighted by atomic mass is 32.2. The monoisotopic (exact) mass is 646 g/mol. The Morgan fingerprint density at radius 1 is 0.978 bits per heavy atom. The quantitative estimate of drug-likeness (QED) is 0.238. The molecule has 45 heavy (non-hydrogen) atoms. The summed E-state index contributed by atoms with van der Waals surface area (Å²) in [6, 6.07) is 3.59. The molecule has 1 saturated carbocycles. The number of nitrogens with two attached hydrogens (primary N) is 1. The predicted octanol–water partition coefficient (Wildman–Crippen LogP) is 5.98. The second-order valence-electron chi connectivity index (χ2n) is 11.9. The summed E-state index contributed by atoms with van der Waals surface area (Å²) < 4.78 is 93.5. The maximum absolute atomic E-state index is 15.7. The van der Waals surface area contributed by atoms with Gasteiger partial charge in [-0.05, 0) is 75.3 Å². The van der Waals surface area contributed by atoms with E-state index in [9.17, 15) is 17.2 Å². The van der Waals surface area contributed by atoms with Crippen molar-refractivity contribution in [3.63, 3.8) is 0 Å². The molecule has 1 saturated heterocycles. The Morgan fingerprint density at radius 3 is 2.38 bits per heavy atom. The van der Waals surface area contributed by atoms with Gasteiger partial charge < -0.3 is 10.5 Å². The Kier molecular flexibility index (Phi) is 8.48. The van der Waals surface area contributed by atoms with Crippen LogP contribution >= 0.6 is 0 Å². The van der Waals surface area contributed by atoms with Crippen LogP contribution in [0.15, 0.2) is 41.4 Å². The summed E-state index contributed by atoms with van der Waals surface area (Å²) >= 11 is 0. The van der Waals surface area contributed by atoms with Crippen LogP contribution in [0.1, 0.15) is 57.1 Å². The molecule has 0 unspecified atom stereocenters. The van der Waals surface area contributed by atoms with E-state index in [0.29, 0.717) is 35.1 Å². The SMILES string of the molecule is CC(C)n1nc(-c2cc(F)c(NS(=O)(=O)c3cc(F)ccc3F)cc2F)c2c(N)ncc(C3CCC(N4CCOCC4)CC3)c21. The first-order valence-electron chi connectivity index (χ1n) is 14.9. The molecular formula is C31H34F4N6O3S. The van der Waals surface area contributed by atoms with E-state index in [2.05, 4.69) is 15.0 Å². The summed E-state index contributed by atoms with van der Waals surface area (Å²) in [5.41, 5.74) is 7.03. The predicted molar refractivity (Wildman–Crippen MR) is 162 cm³/mol. The minimum Gasteiger partial charge on any atom is -0.383 e. The third kappa shape index (κ3) is 5.98. The molecule has 3 N–H and O–H groups in total. The van der Waals surface area contributed by atoms with Crippen LogP contribution in [0, 0.1) is 23.3 Å². The molecule has 0 radical (unpaired) electrons. The first kappa shape index (κ1) is 31.2. The normalized spacial score (nSPS) is 19.8. The number of nitrogen functional groups attached to an aromatic ring is 1. The fourth-order valence-corrected chi connectivity index (χ4v) is 7.61. The zero-order valence-corrected chi connectivity index (χ0v) is 25.7. The third-order valence-electron chi connectivity index (χ3n) is 8.71. The lowest BCUT2D eigenvalue weighted by atomic mass is 9.81. The number of nitrogens with one attached hydrogen (secondary N) is 1. The van der Waals surface area contributed by atoms with Gasteiger partial charge in [-0.15, -0.1) is 0 Å². The molecule has 0 spiro atoms. The Bertz CT molecular complexity index is 1850. The van der Waals surface area contributed by atoms with Crippen LogP contribution in [0.4, 0.5) is 29.1 Å². The van der Waals surface area contributed by atoms with Gasteiger partial charge in [0.15, 0.2) is 0 Å². The number of anilines is 2. The van der Waals surface area contributed by atoms with Crippen LogP contribution in [0.2, 0.25) is 0 Å². The van der Waals surface area contributed by atoms with Gasteiger partial charge in [0.1, 0.15) is 39.7 Å². The van der Waals surface area contributed by atoms with E-state index < -0.39 is 43.9 Å². The average molecular weight is 647 g/mol. The molecule has 2 aromatic heterocycles. The summed E-state index contributed by atoms with van der Waals surface area (Å²) in [6.45, 7) is 7.19. The molecule has 3 heterocycles. The summed E-state index contributed by atoms with van der Waals surface area (Å²) in [6.07, 6.45) is 5.62. The minimum atomic E-state index is -4.79. The molecule has 0 bridgehead atoms. The number of rotatable bonds is 7. The molecule has 240 valence electrons. The molecule has 1 aliphatic heterocycles. The van der Waals surface area contributed by atoms with E-state index in [0.717, 1.165) is 69.7 Å². The zero-order valence-electron chi connectivity index (χ0n) is 24.9. The zero-order chi connectivity index (χ0) is 32.0. The van der Waals surface area contributed by atoms with Gasteiger partial charge in [0.05, 0.1) is 29.8 Å². The van der Waals surface area contributed by atoms with Gasteiger partial charge in [0, 0.05) is 43.0 Å². The molecule has 0 atom stereocenters. The highest BCUT2D eigenvalue weighted by Crippen LogP contribution is 2.43. The highest BCUT2D eigenvalue weighted by Gasteiger charge is 2.32. The van der Waals surface area contributed by atoms with Crippen LogP contribution in [-0.2, 0) is 14.8 Å². The molecule has 9 nitrogen and oxygen atoms in total. The second kappa shape index (κ2) is 12.2. The smallest absolute Gasteiger partial charge is 0.265 e. The minimum absolute atomic E-state index is 0.0644. The van der Waals surface area contributed by atoms with Crippen LogP contribution in [-0.4, -0.2) is 60.4 Å². The number of morpholine rings is 1. The first-order chi connectivity index (χ1) is 21.4. The van der Waals surface area contributed by atoms with Gasteiger partial charge >= 0.3 is 0 Å². The van der Waals surface area contributed by atoms with E-state index in [1.807, 2.05) is 18.6 Å². The van der Waals surface area contributed by atoms with Crippen LogP contribution in [0.3, 0.4) is 0 Å². The fraction of sp³-hybridized carbons (Fsp3) is 0.419. The number of nitrogens with zero attached hydrogens (tertiary/aromatic N) is 4. The van der Waals surface area contributed by atoms with Crippen molar-refractivity contribution in [1.29, 1.82) is 0 Å². The van der Waals surface area contributed by atoms with Crippen LogP contribution in [0.5, 0.6) is 0 Å². The number of pyridine rings is 1. The van der Waals surface area contributed by atoms with Gasteiger partial charge in [0.2, 0.25) is 0 Å². The molecule has 14 heteroatoms. The van der Waals surface area contributed by atoms with E-state index in [4.69, 9.17) is 10.5 Å². The van der Waals surface area contributed by atoms with Gasteiger partial charge in [0.25, 0.3) is 10.0 Å². The van der Waals surface area contributed by atoms with Gasteiger partial charge in [-0.3, -0.25) is 14.3 Å². The number of halogens is 4. The Morgan fingerprint density at radius 2 is 1.69 bits per heavy atom. The maximum Gasteiger partial charge on any atom is 0.265 e. The number of hydrogen-bond donors (Lipinski definition) is 2. The number of fused-ring (bicyclic) bond motifs is 1.